The number of rotatable bonds is 3. The Labute approximate surface area is 105 Å². The van der Waals surface area contributed by atoms with Gasteiger partial charge in [0.2, 0.25) is 0 Å². The second-order valence-corrected chi connectivity index (χ2v) is 5.37. The first-order valence-corrected chi connectivity index (χ1v) is 6.74. The third-order valence-electron chi connectivity index (χ3n) is 3.24. The average molecular weight is 286 g/mol. The highest BCUT2D eigenvalue weighted by molar-refractivity contribution is 9.10. The van der Waals surface area contributed by atoms with Crippen molar-refractivity contribution in [2.75, 3.05) is 11.9 Å². The lowest BCUT2D eigenvalue weighted by molar-refractivity contribution is 0.373. The van der Waals surface area contributed by atoms with Crippen LogP contribution in [0.2, 0.25) is 0 Å². The molecular formula is C13H17BrFN. The summed E-state index contributed by atoms with van der Waals surface area (Å²) in [5, 5.41) is 3.32. The highest BCUT2D eigenvalue weighted by Gasteiger charge is 2.12. The first-order chi connectivity index (χ1) is 7.75. The van der Waals surface area contributed by atoms with Gasteiger partial charge in [-0.2, -0.15) is 0 Å². The monoisotopic (exact) mass is 285 g/mol. The Kier molecular flexibility index (Phi) is 4.22. The van der Waals surface area contributed by atoms with E-state index in [9.17, 15) is 4.39 Å². The molecule has 0 saturated heterocycles. The lowest BCUT2D eigenvalue weighted by Crippen LogP contribution is -2.17. The molecule has 0 bridgehead atoms. The van der Waals surface area contributed by atoms with Gasteiger partial charge in [0, 0.05) is 12.2 Å². The molecular weight excluding hydrogens is 269 g/mol. The fraction of sp³-hybridized carbons (Fsp3) is 0.538. The van der Waals surface area contributed by atoms with E-state index >= 15 is 0 Å². The summed E-state index contributed by atoms with van der Waals surface area (Å²) in [4.78, 5) is 0. The van der Waals surface area contributed by atoms with Crippen molar-refractivity contribution in [2.24, 2.45) is 5.92 Å². The van der Waals surface area contributed by atoms with Crippen LogP contribution in [0, 0.1) is 11.7 Å². The molecule has 1 N–H and O–H groups in total. The van der Waals surface area contributed by atoms with Gasteiger partial charge < -0.3 is 5.32 Å². The van der Waals surface area contributed by atoms with Gasteiger partial charge in [0.15, 0.2) is 0 Å². The van der Waals surface area contributed by atoms with Gasteiger partial charge in [-0.25, -0.2) is 4.39 Å². The van der Waals surface area contributed by atoms with Gasteiger partial charge in [-0.1, -0.05) is 19.3 Å². The average Bonchev–Trinajstić information content (AvgIpc) is 2.32. The minimum atomic E-state index is -0.200. The van der Waals surface area contributed by atoms with Crippen LogP contribution < -0.4 is 5.32 Å². The van der Waals surface area contributed by atoms with Crippen molar-refractivity contribution in [1.29, 1.82) is 0 Å². The molecule has 0 heterocycles. The first kappa shape index (κ1) is 11.9. The highest BCUT2D eigenvalue weighted by atomic mass is 79.9. The minimum Gasteiger partial charge on any atom is -0.385 e. The predicted molar refractivity (Wildman–Crippen MR) is 69.2 cm³/mol. The molecule has 1 aromatic carbocycles. The van der Waals surface area contributed by atoms with Crippen LogP contribution in [0.4, 0.5) is 10.1 Å². The molecule has 0 radical (unpaired) electrons. The van der Waals surface area contributed by atoms with Crippen molar-refractivity contribution in [2.45, 2.75) is 32.1 Å². The summed E-state index contributed by atoms with van der Waals surface area (Å²) in [6.45, 7) is 0.973. The molecule has 0 spiro atoms. The van der Waals surface area contributed by atoms with E-state index in [1.807, 2.05) is 6.07 Å². The molecule has 1 aliphatic rings. The standard InChI is InChI=1S/C13H17BrFN/c14-12-7-6-11(8-13(12)15)16-9-10-4-2-1-3-5-10/h6-8,10,16H,1-5,9H2. The topological polar surface area (TPSA) is 12.0 Å². The lowest BCUT2D eigenvalue weighted by Gasteiger charge is -2.22. The second kappa shape index (κ2) is 5.67. The third kappa shape index (κ3) is 3.21. The molecule has 0 aromatic heterocycles. The Morgan fingerprint density at radius 1 is 1.25 bits per heavy atom. The molecule has 1 aromatic rings. The Balaban J connectivity index is 1.86. The van der Waals surface area contributed by atoms with Crippen LogP contribution in [-0.4, -0.2) is 6.54 Å². The van der Waals surface area contributed by atoms with Crippen LogP contribution in [0.25, 0.3) is 0 Å². The number of hydrogen-bond donors (Lipinski definition) is 1. The summed E-state index contributed by atoms with van der Waals surface area (Å²) in [6, 6.07) is 5.21. The molecule has 0 amide bonds. The van der Waals surface area contributed by atoms with E-state index in [1.165, 1.54) is 32.1 Å². The molecule has 16 heavy (non-hydrogen) atoms. The predicted octanol–water partition coefficient (Wildman–Crippen LogP) is 4.58. The van der Waals surface area contributed by atoms with E-state index in [4.69, 9.17) is 0 Å². The Morgan fingerprint density at radius 3 is 2.69 bits per heavy atom. The lowest BCUT2D eigenvalue weighted by atomic mass is 9.89. The van der Waals surface area contributed by atoms with Gasteiger partial charge in [0.1, 0.15) is 5.82 Å². The Hall–Kier alpha value is -0.570. The van der Waals surface area contributed by atoms with Crippen molar-refractivity contribution in [3.8, 4) is 0 Å². The molecule has 88 valence electrons. The van der Waals surface area contributed by atoms with E-state index in [0.717, 1.165) is 18.2 Å². The van der Waals surface area contributed by atoms with Crippen LogP contribution in [0.5, 0.6) is 0 Å². The zero-order valence-electron chi connectivity index (χ0n) is 9.31. The van der Waals surface area contributed by atoms with Crippen LogP contribution in [-0.2, 0) is 0 Å². The van der Waals surface area contributed by atoms with E-state index in [2.05, 4.69) is 21.2 Å². The zero-order chi connectivity index (χ0) is 11.4. The van der Waals surface area contributed by atoms with Crippen molar-refractivity contribution in [3.05, 3.63) is 28.5 Å². The van der Waals surface area contributed by atoms with Gasteiger partial charge >= 0.3 is 0 Å². The molecule has 2 rings (SSSR count). The molecule has 1 saturated carbocycles. The summed E-state index contributed by atoms with van der Waals surface area (Å²) in [5.41, 5.74) is 0.881. The van der Waals surface area contributed by atoms with Gasteiger partial charge in [0.25, 0.3) is 0 Å². The summed E-state index contributed by atoms with van der Waals surface area (Å²) in [7, 11) is 0. The summed E-state index contributed by atoms with van der Waals surface area (Å²) < 4.78 is 13.8. The van der Waals surface area contributed by atoms with Crippen LogP contribution in [0.1, 0.15) is 32.1 Å². The van der Waals surface area contributed by atoms with Gasteiger partial charge in [0.05, 0.1) is 4.47 Å². The zero-order valence-corrected chi connectivity index (χ0v) is 10.9. The number of hydrogen-bond acceptors (Lipinski definition) is 1. The quantitative estimate of drug-likeness (QED) is 0.857. The van der Waals surface area contributed by atoms with Crippen molar-refractivity contribution < 1.29 is 4.39 Å². The SMILES string of the molecule is Fc1cc(NCC2CCCCC2)ccc1Br. The molecule has 1 fully saturated rings. The van der Waals surface area contributed by atoms with Crippen LogP contribution in [0.15, 0.2) is 22.7 Å². The first-order valence-electron chi connectivity index (χ1n) is 5.94. The Bertz CT molecular complexity index is 348. The maximum atomic E-state index is 13.3. The van der Waals surface area contributed by atoms with Gasteiger partial charge in [-0.15, -0.1) is 0 Å². The number of nitrogens with one attached hydrogen (secondary N) is 1. The van der Waals surface area contributed by atoms with Crippen molar-refractivity contribution in [1.82, 2.24) is 0 Å². The minimum absolute atomic E-state index is 0.200. The molecule has 1 aliphatic carbocycles. The van der Waals surface area contributed by atoms with Gasteiger partial charge in [-0.3, -0.25) is 0 Å². The molecule has 1 nitrogen and oxygen atoms in total. The van der Waals surface area contributed by atoms with Crippen molar-refractivity contribution >= 4 is 21.6 Å². The Morgan fingerprint density at radius 2 is 2.00 bits per heavy atom. The summed E-state index contributed by atoms with van der Waals surface area (Å²) >= 11 is 3.15. The maximum Gasteiger partial charge on any atom is 0.139 e. The van der Waals surface area contributed by atoms with Gasteiger partial charge in [-0.05, 0) is 52.9 Å². The smallest absolute Gasteiger partial charge is 0.139 e. The fourth-order valence-corrected chi connectivity index (χ4v) is 2.51. The van der Waals surface area contributed by atoms with E-state index in [-0.39, 0.29) is 5.82 Å². The molecule has 0 atom stereocenters. The molecule has 0 aliphatic heterocycles. The van der Waals surface area contributed by atoms with E-state index in [1.54, 1.807) is 12.1 Å². The van der Waals surface area contributed by atoms with Crippen LogP contribution >= 0.6 is 15.9 Å². The fourth-order valence-electron chi connectivity index (χ4n) is 2.26. The maximum absolute atomic E-state index is 13.3. The number of halogens is 2. The largest absolute Gasteiger partial charge is 0.385 e. The van der Waals surface area contributed by atoms with Crippen molar-refractivity contribution in [3.63, 3.8) is 0 Å². The normalized spacial score (nSPS) is 17.4. The second-order valence-electron chi connectivity index (χ2n) is 4.51. The number of benzene rings is 1. The summed E-state index contributed by atoms with van der Waals surface area (Å²) in [5.74, 6) is 0.564. The molecule has 0 unspecified atom stereocenters. The third-order valence-corrected chi connectivity index (χ3v) is 3.88. The highest BCUT2D eigenvalue weighted by Crippen LogP contribution is 2.25. The summed E-state index contributed by atoms with van der Waals surface area (Å²) in [6.07, 6.45) is 6.70. The molecule has 3 heteroatoms. The number of anilines is 1. The van der Waals surface area contributed by atoms with E-state index < -0.39 is 0 Å². The van der Waals surface area contributed by atoms with E-state index in [0.29, 0.717) is 4.47 Å². The van der Waals surface area contributed by atoms with Crippen LogP contribution in [0.3, 0.4) is 0 Å².